The molecule has 25 heavy (non-hydrogen) atoms. The zero-order chi connectivity index (χ0) is 17.2. The summed E-state index contributed by atoms with van der Waals surface area (Å²) in [5.41, 5.74) is 2.15. The summed E-state index contributed by atoms with van der Waals surface area (Å²) in [5.74, 6) is 1.14. The van der Waals surface area contributed by atoms with Crippen LogP contribution in [0.15, 0.2) is 62.6 Å². The maximum atomic E-state index is 10.7. The van der Waals surface area contributed by atoms with E-state index in [1.807, 2.05) is 24.3 Å². The van der Waals surface area contributed by atoms with Crippen molar-refractivity contribution in [1.82, 2.24) is 15.2 Å². The number of rotatable bonds is 5. The monoisotopic (exact) mass is 354 g/mol. The lowest BCUT2D eigenvalue weighted by atomic mass is 10.2. The maximum absolute atomic E-state index is 10.7. The van der Waals surface area contributed by atoms with Gasteiger partial charge in [0.2, 0.25) is 11.8 Å². The number of oxazole rings is 1. The van der Waals surface area contributed by atoms with Crippen molar-refractivity contribution in [1.29, 1.82) is 0 Å². The van der Waals surface area contributed by atoms with E-state index >= 15 is 0 Å². The van der Waals surface area contributed by atoms with Crippen LogP contribution in [0.5, 0.6) is 0 Å². The Morgan fingerprint density at radius 1 is 1.04 bits per heavy atom. The Balaban J connectivity index is 1.46. The fourth-order valence-corrected chi connectivity index (χ4v) is 2.87. The van der Waals surface area contributed by atoms with Gasteiger partial charge in [-0.2, -0.15) is 0 Å². The van der Waals surface area contributed by atoms with Crippen LogP contribution in [0.3, 0.4) is 0 Å². The number of hydrogen-bond acceptors (Lipinski definition) is 8. The van der Waals surface area contributed by atoms with E-state index in [0.717, 1.165) is 11.1 Å². The Kier molecular flexibility index (Phi) is 3.90. The van der Waals surface area contributed by atoms with Crippen molar-refractivity contribution in [2.24, 2.45) is 0 Å². The number of para-hydroxylation sites is 2. The van der Waals surface area contributed by atoms with E-state index in [2.05, 4.69) is 15.2 Å². The third-order valence-electron chi connectivity index (χ3n) is 3.39. The molecule has 124 valence electrons. The predicted octanol–water partition coefficient (Wildman–Crippen LogP) is 4.08. The predicted molar refractivity (Wildman–Crippen MR) is 90.0 cm³/mol. The Bertz CT molecular complexity index is 1010. The topological polar surface area (TPSA) is 108 Å². The number of non-ortho nitro benzene ring substituents is 1. The van der Waals surface area contributed by atoms with Gasteiger partial charge in [-0.3, -0.25) is 10.1 Å². The highest BCUT2D eigenvalue weighted by Crippen LogP contribution is 2.27. The molecule has 8 nitrogen and oxygen atoms in total. The van der Waals surface area contributed by atoms with Gasteiger partial charge in [-0.25, -0.2) is 4.98 Å². The molecule has 0 N–H and O–H groups in total. The number of aromatic nitrogens is 3. The largest absolute Gasteiger partial charge is 0.431 e. The molecule has 2 aromatic carbocycles. The number of nitro groups is 1. The van der Waals surface area contributed by atoms with E-state index < -0.39 is 4.92 Å². The minimum absolute atomic E-state index is 0.00926. The number of nitrogens with zero attached hydrogens (tertiary/aromatic N) is 4. The van der Waals surface area contributed by atoms with Crippen molar-refractivity contribution in [2.75, 3.05) is 0 Å². The summed E-state index contributed by atoms with van der Waals surface area (Å²) < 4.78 is 11.2. The molecular formula is C16H10N4O4S. The van der Waals surface area contributed by atoms with Gasteiger partial charge in [-0.1, -0.05) is 23.9 Å². The fourth-order valence-electron chi connectivity index (χ4n) is 2.19. The SMILES string of the molecule is O=[N+]([O-])c1ccc(-c2nnc(CSc3nc4ccccc4o3)o2)cc1. The summed E-state index contributed by atoms with van der Waals surface area (Å²) >= 11 is 1.35. The molecule has 0 atom stereocenters. The van der Waals surface area contributed by atoms with Crippen LogP contribution in [-0.2, 0) is 5.75 Å². The first kappa shape index (κ1) is 15.3. The van der Waals surface area contributed by atoms with Crippen LogP contribution in [0.25, 0.3) is 22.6 Å². The highest BCUT2D eigenvalue weighted by molar-refractivity contribution is 7.98. The molecule has 0 aliphatic heterocycles. The van der Waals surface area contributed by atoms with Gasteiger partial charge in [0.25, 0.3) is 10.9 Å². The van der Waals surface area contributed by atoms with E-state index in [-0.39, 0.29) is 5.69 Å². The van der Waals surface area contributed by atoms with Crippen molar-refractivity contribution in [3.05, 3.63) is 64.5 Å². The van der Waals surface area contributed by atoms with Crippen molar-refractivity contribution < 1.29 is 13.8 Å². The molecule has 2 heterocycles. The second kappa shape index (κ2) is 6.36. The zero-order valence-corrected chi connectivity index (χ0v) is 13.5. The lowest BCUT2D eigenvalue weighted by Crippen LogP contribution is -1.87. The number of hydrogen-bond donors (Lipinski definition) is 0. The second-order valence-corrected chi connectivity index (χ2v) is 5.97. The first-order valence-corrected chi connectivity index (χ1v) is 8.23. The first-order valence-electron chi connectivity index (χ1n) is 7.24. The Labute approximate surface area is 145 Å². The fraction of sp³-hybridized carbons (Fsp3) is 0.0625. The molecule has 2 aromatic heterocycles. The molecule has 0 aliphatic carbocycles. The minimum Gasteiger partial charge on any atom is -0.431 e. The van der Waals surface area contributed by atoms with E-state index in [0.29, 0.717) is 28.3 Å². The molecule has 0 amide bonds. The van der Waals surface area contributed by atoms with Crippen LogP contribution in [0.1, 0.15) is 5.89 Å². The third kappa shape index (κ3) is 3.22. The van der Waals surface area contributed by atoms with Crippen molar-refractivity contribution in [3.8, 4) is 11.5 Å². The maximum Gasteiger partial charge on any atom is 0.269 e. The first-order chi connectivity index (χ1) is 12.2. The summed E-state index contributed by atoms with van der Waals surface area (Å²) in [6.07, 6.45) is 0. The highest BCUT2D eigenvalue weighted by Gasteiger charge is 2.13. The molecule has 0 radical (unpaired) electrons. The van der Waals surface area contributed by atoms with Gasteiger partial charge in [0, 0.05) is 17.7 Å². The molecular weight excluding hydrogens is 344 g/mol. The van der Waals surface area contributed by atoms with Crippen LogP contribution in [0.4, 0.5) is 5.69 Å². The molecule has 0 aliphatic rings. The van der Waals surface area contributed by atoms with Crippen LogP contribution in [0, 0.1) is 10.1 Å². The van der Waals surface area contributed by atoms with Gasteiger partial charge in [0.15, 0.2) is 5.58 Å². The van der Waals surface area contributed by atoms with Crippen LogP contribution < -0.4 is 0 Å². The van der Waals surface area contributed by atoms with Gasteiger partial charge in [0.05, 0.1) is 10.7 Å². The molecule has 0 saturated heterocycles. The summed E-state index contributed by atoms with van der Waals surface area (Å²) in [7, 11) is 0. The summed E-state index contributed by atoms with van der Waals surface area (Å²) in [4.78, 5) is 14.6. The van der Waals surface area contributed by atoms with Crippen LogP contribution in [-0.4, -0.2) is 20.1 Å². The standard InChI is InChI=1S/C16H10N4O4S/c21-20(22)11-7-5-10(6-8-11)15-19-18-14(24-15)9-25-16-17-12-3-1-2-4-13(12)23-16/h1-8H,9H2. The normalized spacial score (nSPS) is 11.0. The Hall–Kier alpha value is -3.20. The number of nitro benzene ring substituents is 1. The van der Waals surface area contributed by atoms with Crippen molar-refractivity contribution >= 4 is 28.5 Å². The van der Waals surface area contributed by atoms with Gasteiger partial charge in [-0.05, 0) is 24.3 Å². The molecule has 0 fully saturated rings. The molecule has 9 heteroatoms. The minimum atomic E-state index is -0.458. The van der Waals surface area contributed by atoms with Crippen LogP contribution in [0.2, 0.25) is 0 Å². The summed E-state index contributed by atoms with van der Waals surface area (Å²) in [6, 6.07) is 13.4. The molecule has 0 spiro atoms. The zero-order valence-electron chi connectivity index (χ0n) is 12.7. The van der Waals surface area contributed by atoms with Crippen molar-refractivity contribution in [2.45, 2.75) is 11.0 Å². The van der Waals surface area contributed by atoms with Gasteiger partial charge in [-0.15, -0.1) is 10.2 Å². The molecule has 0 unspecified atom stereocenters. The molecule has 4 rings (SSSR count). The Morgan fingerprint density at radius 3 is 2.60 bits per heavy atom. The molecule has 0 saturated carbocycles. The van der Waals surface area contributed by atoms with Gasteiger partial charge >= 0.3 is 0 Å². The van der Waals surface area contributed by atoms with Crippen LogP contribution >= 0.6 is 11.8 Å². The van der Waals surface area contributed by atoms with Gasteiger partial charge in [0.1, 0.15) is 5.52 Å². The summed E-state index contributed by atoms with van der Waals surface area (Å²) in [6.45, 7) is 0. The lowest BCUT2D eigenvalue weighted by Gasteiger charge is -1.94. The quantitative estimate of drug-likeness (QED) is 0.300. The van der Waals surface area contributed by atoms with E-state index in [1.54, 1.807) is 12.1 Å². The number of fused-ring (bicyclic) bond motifs is 1. The average molecular weight is 354 g/mol. The number of benzene rings is 2. The third-order valence-corrected chi connectivity index (χ3v) is 4.20. The smallest absolute Gasteiger partial charge is 0.269 e. The number of thioether (sulfide) groups is 1. The Morgan fingerprint density at radius 2 is 1.84 bits per heavy atom. The van der Waals surface area contributed by atoms with E-state index in [1.165, 1.54) is 23.9 Å². The summed E-state index contributed by atoms with van der Waals surface area (Å²) in [5, 5.41) is 19.1. The molecule has 4 aromatic rings. The molecule has 0 bridgehead atoms. The second-order valence-electron chi connectivity index (χ2n) is 5.04. The highest BCUT2D eigenvalue weighted by atomic mass is 32.2. The average Bonchev–Trinajstić information content (AvgIpc) is 3.26. The van der Waals surface area contributed by atoms with E-state index in [9.17, 15) is 10.1 Å². The van der Waals surface area contributed by atoms with Crippen molar-refractivity contribution in [3.63, 3.8) is 0 Å². The lowest BCUT2D eigenvalue weighted by molar-refractivity contribution is -0.384. The van der Waals surface area contributed by atoms with E-state index in [4.69, 9.17) is 8.83 Å². The van der Waals surface area contributed by atoms with Gasteiger partial charge < -0.3 is 8.83 Å².